The maximum absolute atomic E-state index is 12.4. The van der Waals surface area contributed by atoms with E-state index in [4.69, 9.17) is 0 Å². The van der Waals surface area contributed by atoms with E-state index in [0.29, 0.717) is 25.9 Å². The summed E-state index contributed by atoms with van der Waals surface area (Å²) < 4.78 is 0. The zero-order valence-electron chi connectivity index (χ0n) is 17.4. The maximum atomic E-state index is 12.4. The molecule has 2 N–H and O–H groups in total. The van der Waals surface area contributed by atoms with E-state index in [2.05, 4.69) is 39.6 Å². The monoisotopic (exact) mass is 501 g/mol. The van der Waals surface area contributed by atoms with Crippen molar-refractivity contribution in [2.24, 2.45) is 4.99 Å². The average Bonchev–Trinajstić information content (AvgIpc) is 2.86. The van der Waals surface area contributed by atoms with Crippen LogP contribution in [0.25, 0.3) is 0 Å². The topological polar surface area (TPSA) is 77.0 Å². The number of imide groups is 1. The highest BCUT2D eigenvalue weighted by molar-refractivity contribution is 14.0. The number of carbonyl (C=O) groups excluding carboxylic acids is 2. The first-order chi connectivity index (χ1) is 12.8. The van der Waals surface area contributed by atoms with Crippen molar-refractivity contribution in [3.63, 3.8) is 0 Å². The second-order valence-electron chi connectivity index (χ2n) is 7.18. The van der Waals surface area contributed by atoms with Crippen molar-refractivity contribution in [3.05, 3.63) is 35.4 Å². The molecule has 1 unspecified atom stereocenters. The number of carbonyl (C=O) groups is 2. The van der Waals surface area contributed by atoms with Crippen LogP contribution in [0.15, 0.2) is 29.3 Å². The number of nitrogens with one attached hydrogen (secondary N) is 2. The third-order valence-electron chi connectivity index (χ3n) is 5.14. The molecule has 7 nitrogen and oxygen atoms in total. The van der Waals surface area contributed by atoms with Crippen molar-refractivity contribution >= 4 is 41.9 Å². The number of aryl methyl sites for hydroxylation is 1. The Morgan fingerprint density at radius 2 is 2.00 bits per heavy atom. The number of hydrogen-bond acceptors (Lipinski definition) is 3. The van der Waals surface area contributed by atoms with E-state index in [9.17, 15) is 9.59 Å². The minimum absolute atomic E-state index is 0. The minimum Gasteiger partial charge on any atom is -0.356 e. The van der Waals surface area contributed by atoms with Gasteiger partial charge in [0.15, 0.2) is 5.96 Å². The maximum Gasteiger partial charge on any atom is 0.325 e. The molecule has 8 heteroatoms. The summed E-state index contributed by atoms with van der Waals surface area (Å²) in [6.07, 6.45) is 1.25. The number of amides is 3. The molecule has 28 heavy (non-hydrogen) atoms. The number of aliphatic imine (C=N–C) groups is 1. The summed E-state index contributed by atoms with van der Waals surface area (Å²) in [6.45, 7) is 7.55. The average molecular weight is 501 g/mol. The lowest BCUT2D eigenvalue weighted by molar-refractivity contribution is -0.130. The van der Waals surface area contributed by atoms with Crippen molar-refractivity contribution in [2.45, 2.75) is 45.7 Å². The minimum atomic E-state index is -0.770. The molecule has 156 valence electrons. The van der Waals surface area contributed by atoms with Crippen LogP contribution in [0.3, 0.4) is 0 Å². The highest BCUT2D eigenvalue weighted by Gasteiger charge is 2.45. The molecule has 0 radical (unpaired) electrons. The molecule has 1 aromatic carbocycles. The summed E-state index contributed by atoms with van der Waals surface area (Å²) >= 11 is 0. The first kappa shape index (κ1) is 24.2. The van der Waals surface area contributed by atoms with Gasteiger partial charge in [-0.3, -0.25) is 14.7 Å². The van der Waals surface area contributed by atoms with Crippen molar-refractivity contribution in [1.29, 1.82) is 0 Å². The fraction of sp³-hybridized carbons (Fsp3) is 0.550. The number of nitrogens with zero attached hydrogens (tertiary/aromatic N) is 3. The predicted octanol–water partition coefficient (Wildman–Crippen LogP) is 2.73. The SMILES string of the molecule is CCC1(C)NC(=O)N(CCCNC(=NC)N(C)Cc2ccccc2C)C1=O.I. The lowest BCUT2D eigenvalue weighted by atomic mass is 9.99. The van der Waals surface area contributed by atoms with Crippen LogP contribution in [0.5, 0.6) is 0 Å². The Labute approximate surface area is 185 Å². The van der Waals surface area contributed by atoms with Gasteiger partial charge >= 0.3 is 6.03 Å². The van der Waals surface area contributed by atoms with E-state index >= 15 is 0 Å². The van der Waals surface area contributed by atoms with E-state index in [1.165, 1.54) is 16.0 Å². The van der Waals surface area contributed by atoms with Crippen molar-refractivity contribution in [1.82, 2.24) is 20.4 Å². The number of halogens is 1. The lowest BCUT2D eigenvalue weighted by Crippen LogP contribution is -2.43. The number of hydrogen-bond donors (Lipinski definition) is 2. The van der Waals surface area contributed by atoms with Crippen molar-refractivity contribution in [3.8, 4) is 0 Å². The summed E-state index contributed by atoms with van der Waals surface area (Å²) in [6, 6.07) is 7.98. The van der Waals surface area contributed by atoms with Crippen LogP contribution in [-0.4, -0.2) is 60.4 Å². The van der Waals surface area contributed by atoms with Gasteiger partial charge in [0, 0.05) is 33.7 Å². The van der Waals surface area contributed by atoms with Crippen LogP contribution in [0.2, 0.25) is 0 Å². The molecule has 1 heterocycles. The second-order valence-corrected chi connectivity index (χ2v) is 7.18. The Hall–Kier alpha value is -1.84. The Kier molecular flexibility index (Phi) is 9.19. The van der Waals surface area contributed by atoms with Crippen LogP contribution >= 0.6 is 24.0 Å². The van der Waals surface area contributed by atoms with Crippen LogP contribution in [-0.2, 0) is 11.3 Å². The van der Waals surface area contributed by atoms with Gasteiger partial charge in [-0.15, -0.1) is 24.0 Å². The molecule has 1 saturated heterocycles. The third-order valence-corrected chi connectivity index (χ3v) is 5.14. The zero-order chi connectivity index (χ0) is 20.0. The van der Waals surface area contributed by atoms with Crippen LogP contribution < -0.4 is 10.6 Å². The lowest BCUT2D eigenvalue weighted by Gasteiger charge is -2.23. The van der Waals surface area contributed by atoms with E-state index in [-0.39, 0.29) is 35.9 Å². The largest absolute Gasteiger partial charge is 0.356 e. The quantitative estimate of drug-likeness (QED) is 0.198. The van der Waals surface area contributed by atoms with Gasteiger partial charge in [0.25, 0.3) is 5.91 Å². The van der Waals surface area contributed by atoms with Gasteiger partial charge in [-0.1, -0.05) is 31.2 Å². The van der Waals surface area contributed by atoms with E-state index in [1.54, 1.807) is 14.0 Å². The first-order valence-electron chi connectivity index (χ1n) is 9.42. The van der Waals surface area contributed by atoms with Crippen LogP contribution in [0, 0.1) is 6.92 Å². The van der Waals surface area contributed by atoms with Crippen molar-refractivity contribution < 1.29 is 9.59 Å². The molecule has 0 aliphatic carbocycles. The molecular formula is C20H32IN5O2. The third kappa shape index (κ3) is 5.59. The Morgan fingerprint density at radius 3 is 2.57 bits per heavy atom. The summed E-state index contributed by atoms with van der Waals surface area (Å²) in [7, 11) is 3.74. The van der Waals surface area contributed by atoms with Gasteiger partial charge in [-0.25, -0.2) is 4.79 Å². The molecule has 1 aliphatic rings. The molecule has 0 saturated carbocycles. The van der Waals surface area contributed by atoms with Gasteiger partial charge < -0.3 is 15.5 Å². The van der Waals surface area contributed by atoms with E-state index in [0.717, 1.165) is 12.5 Å². The van der Waals surface area contributed by atoms with E-state index < -0.39 is 5.54 Å². The molecule has 3 amide bonds. The summed E-state index contributed by atoms with van der Waals surface area (Å²) in [5.41, 5.74) is 1.73. The normalized spacial score (nSPS) is 19.3. The smallest absolute Gasteiger partial charge is 0.325 e. The molecule has 1 atom stereocenters. The Morgan fingerprint density at radius 1 is 1.32 bits per heavy atom. The van der Waals surface area contributed by atoms with Crippen molar-refractivity contribution in [2.75, 3.05) is 27.2 Å². The second kappa shape index (κ2) is 10.6. The summed E-state index contributed by atoms with van der Waals surface area (Å²) in [5.74, 6) is 0.643. The van der Waals surface area contributed by atoms with E-state index in [1.807, 2.05) is 26.1 Å². The van der Waals surface area contributed by atoms with Gasteiger partial charge in [0.1, 0.15) is 5.54 Å². The number of benzene rings is 1. The molecule has 0 aromatic heterocycles. The Bertz CT molecular complexity index is 724. The highest BCUT2D eigenvalue weighted by atomic mass is 127. The standard InChI is InChI=1S/C20H31N5O2.HI/c1-6-20(3)17(26)25(19(27)23-20)13-9-12-22-18(21-4)24(5)14-16-11-8-7-10-15(16)2;/h7-8,10-11H,6,9,12-14H2,1-5H3,(H,21,22)(H,23,27);1H. The van der Waals surface area contributed by atoms with Gasteiger partial charge in [-0.2, -0.15) is 0 Å². The van der Waals surface area contributed by atoms with Gasteiger partial charge in [-0.05, 0) is 37.8 Å². The van der Waals surface area contributed by atoms with Crippen LogP contribution in [0.1, 0.15) is 37.8 Å². The number of guanidine groups is 1. The van der Waals surface area contributed by atoms with Gasteiger partial charge in [0.05, 0.1) is 0 Å². The molecule has 1 aromatic rings. The fourth-order valence-electron chi connectivity index (χ4n) is 3.13. The molecule has 0 spiro atoms. The summed E-state index contributed by atoms with van der Waals surface area (Å²) in [4.78, 5) is 32.1. The molecule has 2 rings (SSSR count). The summed E-state index contributed by atoms with van der Waals surface area (Å²) in [5, 5.41) is 6.08. The molecule has 1 fully saturated rings. The molecular weight excluding hydrogens is 469 g/mol. The van der Waals surface area contributed by atoms with Crippen LogP contribution in [0.4, 0.5) is 4.79 Å². The fourth-order valence-corrected chi connectivity index (χ4v) is 3.13. The predicted molar refractivity (Wildman–Crippen MR) is 123 cm³/mol. The Balaban J connectivity index is 0.00000392. The first-order valence-corrected chi connectivity index (χ1v) is 9.42. The number of urea groups is 1. The number of rotatable bonds is 7. The molecule has 1 aliphatic heterocycles. The highest BCUT2D eigenvalue weighted by Crippen LogP contribution is 2.20. The molecule has 0 bridgehead atoms. The zero-order valence-corrected chi connectivity index (χ0v) is 19.7. The van der Waals surface area contributed by atoms with Gasteiger partial charge in [0.2, 0.25) is 0 Å².